The molecule has 1 heterocycles. The number of fused-ring (bicyclic) bond motifs is 1. The summed E-state index contributed by atoms with van der Waals surface area (Å²) in [5, 5.41) is 12.1. The Bertz CT molecular complexity index is 1070. The van der Waals surface area contributed by atoms with Crippen LogP contribution in [0, 0.1) is 0 Å². The Morgan fingerprint density at radius 2 is 1.88 bits per heavy atom. The molecule has 1 aliphatic carbocycles. The lowest BCUT2D eigenvalue weighted by Crippen LogP contribution is -2.36. The van der Waals surface area contributed by atoms with Crippen molar-refractivity contribution in [1.29, 1.82) is 0 Å². The second-order valence-corrected chi connectivity index (χ2v) is 8.32. The number of nitrogens with zero attached hydrogens (tertiary/aromatic N) is 2. The number of pyridine rings is 1. The summed E-state index contributed by atoms with van der Waals surface area (Å²) in [7, 11) is 0. The molecule has 0 bridgehead atoms. The molecular formula is C27H29N3O4. The van der Waals surface area contributed by atoms with Crippen LogP contribution in [-0.2, 0) is 16.0 Å². The van der Waals surface area contributed by atoms with Crippen molar-refractivity contribution in [2.45, 2.75) is 31.6 Å². The van der Waals surface area contributed by atoms with E-state index in [4.69, 9.17) is 9.84 Å². The van der Waals surface area contributed by atoms with Crippen LogP contribution in [0.5, 0.6) is 5.75 Å². The molecule has 0 radical (unpaired) electrons. The molecule has 0 saturated carbocycles. The molecule has 1 atom stereocenters. The number of carbonyl (C=O) groups is 2. The summed E-state index contributed by atoms with van der Waals surface area (Å²) in [5.74, 6) is 0.0920. The second-order valence-electron chi connectivity index (χ2n) is 8.32. The molecule has 34 heavy (non-hydrogen) atoms. The molecule has 0 saturated heterocycles. The molecule has 3 aromatic rings. The first kappa shape index (κ1) is 23.4. The molecule has 0 aliphatic heterocycles. The lowest BCUT2D eigenvalue weighted by Gasteiger charge is -2.27. The van der Waals surface area contributed by atoms with Gasteiger partial charge in [0.15, 0.2) is 0 Å². The van der Waals surface area contributed by atoms with Gasteiger partial charge in [-0.25, -0.2) is 4.79 Å². The molecule has 0 spiro atoms. The van der Waals surface area contributed by atoms with Gasteiger partial charge < -0.3 is 20.1 Å². The molecule has 2 N–H and O–H groups in total. The molecule has 1 aromatic heterocycles. The quantitative estimate of drug-likeness (QED) is 0.374. The Balaban J connectivity index is 1.38. The second kappa shape index (κ2) is 11.4. The van der Waals surface area contributed by atoms with E-state index in [1.54, 1.807) is 18.5 Å². The predicted octanol–water partition coefficient (Wildman–Crippen LogP) is 3.74. The summed E-state index contributed by atoms with van der Waals surface area (Å²) in [6.07, 6.45) is 7.11. The first-order valence-electron chi connectivity index (χ1n) is 11.6. The Hall–Kier alpha value is -3.71. The third-order valence-electron chi connectivity index (χ3n) is 6.08. The highest BCUT2D eigenvalue weighted by molar-refractivity contribution is 5.84. The molecule has 1 aliphatic rings. The van der Waals surface area contributed by atoms with Crippen LogP contribution in [0.1, 0.15) is 36.3 Å². The van der Waals surface area contributed by atoms with Crippen molar-refractivity contribution in [3.05, 3.63) is 84.2 Å². The van der Waals surface area contributed by atoms with Crippen LogP contribution in [0.4, 0.5) is 11.4 Å². The summed E-state index contributed by atoms with van der Waals surface area (Å²) >= 11 is 0. The lowest BCUT2D eigenvalue weighted by atomic mass is 9.80. The van der Waals surface area contributed by atoms with Gasteiger partial charge >= 0.3 is 5.97 Å². The van der Waals surface area contributed by atoms with Crippen molar-refractivity contribution in [2.75, 3.05) is 24.6 Å². The Kier molecular flexibility index (Phi) is 7.88. The number of esters is 1. The summed E-state index contributed by atoms with van der Waals surface area (Å²) in [4.78, 5) is 30.5. The van der Waals surface area contributed by atoms with Gasteiger partial charge in [-0.15, -0.1) is 0 Å². The number of aromatic nitrogens is 1. The van der Waals surface area contributed by atoms with Crippen LogP contribution >= 0.6 is 0 Å². The standard InChI is InChI=1S/C27H29N3O4/c31-19-27(33)34-25-13-5-11-23-20(7-4-12-24(23)25)14-16-29-26(32)18-30(21-8-2-1-3-9-21)22-10-6-15-28-17-22/h1-3,5-6,8-11,13,15,17,20,31H,4,7,12,14,16,18-19H2,(H,29,32). The van der Waals surface area contributed by atoms with Gasteiger partial charge in [-0.05, 0) is 73.1 Å². The normalized spacial score (nSPS) is 14.7. The number of carbonyl (C=O) groups excluding carboxylic acids is 2. The van der Waals surface area contributed by atoms with Crippen molar-refractivity contribution >= 4 is 23.3 Å². The summed E-state index contributed by atoms with van der Waals surface area (Å²) in [6, 6.07) is 19.3. The van der Waals surface area contributed by atoms with Crippen LogP contribution in [-0.4, -0.2) is 41.7 Å². The number of hydrogen-bond donors (Lipinski definition) is 2. The fourth-order valence-corrected chi connectivity index (χ4v) is 4.50. The number of para-hydroxylation sites is 1. The number of rotatable bonds is 9. The molecule has 0 fully saturated rings. The van der Waals surface area contributed by atoms with Crippen LogP contribution in [0.25, 0.3) is 0 Å². The van der Waals surface area contributed by atoms with E-state index in [9.17, 15) is 9.59 Å². The fraction of sp³-hybridized carbons (Fsp3) is 0.296. The van der Waals surface area contributed by atoms with Gasteiger partial charge in [0.05, 0.1) is 11.9 Å². The van der Waals surface area contributed by atoms with Gasteiger partial charge in [0, 0.05) is 18.4 Å². The van der Waals surface area contributed by atoms with E-state index in [0.717, 1.165) is 48.2 Å². The first-order valence-corrected chi connectivity index (χ1v) is 11.6. The SMILES string of the molecule is O=C(CN(c1ccccc1)c1cccnc1)NCCC1CCCc2c(OC(=O)CO)cccc21. The zero-order valence-electron chi connectivity index (χ0n) is 19.0. The zero-order chi connectivity index (χ0) is 23.8. The number of benzene rings is 2. The number of hydrogen-bond acceptors (Lipinski definition) is 6. The Labute approximate surface area is 199 Å². The average molecular weight is 460 g/mol. The van der Waals surface area contributed by atoms with Crippen LogP contribution < -0.4 is 15.0 Å². The third-order valence-corrected chi connectivity index (χ3v) is 6.08. The molecule has 7 heteroatoms. The van der Waals surface area contributed by atoms with Crippen molar-refractivity contribution < 1.29 is 19.4 Å². The minimum absolute atomic E-state index is 0.0608. The smallest absolute Gasteiger partial charge is 0.337 e. The van der Waals surface area contributed by atoms with Crippen molar-refractivity contribution in [3.63, 3.8) is 0 Å². The minimum atomic E-state index is -0.653. The number of ether oxygens (including phenoxy) is 1. The van der Waals surface area contributed by atoms with Gasteiger partial charge in [-0.2, -0.15) is 0 Å². The molecular weight excluding hydrogens is 430 g/mol. The number of nitrogens with one attached hydrogen (secondary N) is 1. The van der Waals surface area contributed by atoms with E-state index in [2.05, 4.69) is 16.4 Å². The maximum atomic E-state index is 12.8. The fourth-order valence-electron chi connectivity index (χ4n) is 4.50. The summed E-state index contributed by atoms with van der Waals surface area (Å²) < 4.78 is 5.31. The summed E-state index contributed by atoms with van der Waals surface area (Å²) in [5.41, 5.74) is 3.97. The average Bonchev–Trinajstić information content (AvgIpc) is 2.88. The van der Waals surface area contributed by atoms with Crippen LogP contribution in [0.2, 0.25) is 0 Å². The molecule has 1 amide bonds. The van der Waals surface area contributed by atoms with Crippen molar-refractivity contribution in [1.82, 2.24) is 10.3 Å². The Morgan fingerprint density at radius 3 is 2.65 bits per heavy atom. The van der Waals surface area contributed by atoms with Crippen molar-refractivity contribution in [2.24, 2.45) is 0 Å². The highest BCUT2D eigenvalue weighted by Crippen LogP contribution is 2.38. The van der Waals surface area contributed by atoms with Gasteiger partial charge in [0.25, 0.3) is 0 Å². The van der Waals surface area contributed by atoms with E-state index in [1.165, 1.54) is 0 Å². The highest BCUT2D eigenvalue weighted by atomic mass is 16.5. The predicted molar refractivity (Wildman–Crippen MR) is 130 cm³/mol. The van der Waals surface area contributed by atoms with Crippen LogP contribution in [0.3, 0.4) is 0 Å². The lowest BCUT2D eigenvalue weighted by molar-refractivity contribution is -0.137. The maximum absolute atomic E-state index is 12.8. The summed E-state index contributed by atoms with van der Waals surface area (Å²) in [6.45, 7) is 0.107. The Morgan fingerprint density at radius 1 is 1.06 bits per heavy atom. The van der Waals surface area contributed by atoms with E-state index in [0.29, 0.717) is 12.3 Å². The first-order chi connectivity index (χ1) is 16.7. The highest BCUT2D eigenvalue weighted by Gasteiger charge is 2.24. The number of anilines is 2. The number of amides is 1. The van der Waals surface area contributed by atoms with Crippen LogP contribution in [0.15, 0.2) is 73.1 Å². The molecule has 1 unspecified atom stereocenters. The van der Waals surface area contributed by atoms with Gasteiger partial charge in [-0.3, -0.25) is 9.78 Å². The van der Waals surface area contributed by atoms with Gasteiger partial charge in [-0.1, -0.05) is 30.3 Å². The number of aliphatic hydroxyl groups excluding tert-OH is 1. The number of aliphatic hydroxyl groups is 1. The maximum Gasteiger partial charge on any atom is 0.337 e. The van der Waals surface area contributed by atoms with E-state index < -0.39 is 12.6 Å². The minimum Gasteiger partial charge on any atom is -0.425 e. The van der Waals surface area contributed by atoms with Gasteiger partial charge in [0.2, 0.25) is 5.91 Å². The molecule has 176 valence electrons. The third kappa shape index (κ3) is 5.80. The van der Waals surface area contributed by atoms with Crippen molar-refractivity contribution in [3.8, 4) is 5.75 Å². The largest absolute Gasteiger partial charge is 0.425 e. The van der Waals surface area contributed by atoms with E-state index in [-0.39, 0.29) is 18.4 Å². The van der Waals surface area contributed by atoms with E-state index in [1.807, 2.05) is 53.4 Å². The molecule has 4 rings (SSSR count). The topological polar surface area (TPSA) is 91.8 Å². The van der Waals surface area contributed by atoms with Gasteiger partial charge in [0.1, 0.15) is 18.9 Å². The monoisotopic (exact) mass is 459 g/mol. The molecule has 7 nitrogen and oxygen atoms in total. The zero-order valence-corrected chi connectivity index (χ0v) is 19.0. The molecule has 2 aromatic carbocycles. The van der Waals surface area contributed by atoms with E-state index >= 15 is 0 Å².